The van der Waals surface area contributed by atoms with Crippen molar-refractivity contribution in [2.75, 3.05) is 13.6 Å². The van der Waals surface area contributed by atoms with Gasteiger partial charge in [-0.3, -0.25) is 14.4 Å². The molecule has 0 aromatic rings. The maximum absolute atomic E-state index is 12.7. The zero-order valence-electron chi connectivity index (χ0n) is 15.5. The van der Waals surface area contributed by atoms with Crippen LogP contribution in [0.25, 0.3) is 0 Å². The number of carbonyl (C=O) groups is 3. The predicted octanol–water partition coefficient (Wildman–Crippen LogP) is 2.73. The summed E-state index contributed by atoms with van der Waals surface area (Å²) in [6.07, 6.45) is 10.3. The second-order valence-electron chi connectivity index (χ2n) is 6.80. The minimum atomic E-state index is -0.981. The number of unbranched alkanes of at least 4 members (excludes halogenated alkanes) is 1. The molecule has 25 heavy (non-hydrogen) atoms. The highest BCUT2D eigenvalue weighted by atomic mass is 16.4. The topological polar surface area (TPSA) is 86.7 Å². The Hall–Kier alpha value is -1.85. The molecule has 0 bridgehead atoms. The number of carboxylic acid groups (broad SMARTS) is 1. The lowest BCUT2D eigenvalue weighted by atomic mass is 9.96. The van der Waals surface area contributed by atoms with Crippen LogP contribution in [0.15, 0.2) is 12.2 Å². The SMILES string of the molecule is CCCC[C@@H]1NC(=O)[C@@H](CC(=O)O)CCC/C=C/CCCN(C)C1=O. The van der Waals surface area contributed by atoms with E-state index in [-0.39, 0.29) is 18.2 Å². The summed E-state index contributed by atoms with van der Waals surface area (Å²) in [5.41, 5.74) is 0. The molecule has 0 unspecified atom stereocenters. The van der Waals surface area contributed by atoms with Crippen LogP contribution >= 0.6 is 0 Å². The zero-order valence-corrected chi connectivity index (χ0v) is 15.5. The van der Waals surface area contributed by atoms with Crippen LogP contribution in [0.4, 0.5) is 0 Å². The molecule has 0 aromatic carbocycles. The Bertz CT molecular complexity index is 476. The Balaban J connectivity index is 2.91. The molecule has 0 aromatic heterocycles. The number of nitrogens with zero attached hydrogens (tertiary/aromatic N) is 1. The van der Waals surface area contributed by atoms with E-state index in [1.807, 2.05) is 6.92 Å². The fraction of sp³-hybridized carbons (Fsp3) is 0.737. The third-order valence-corrected chi connectivity index (χ3v) is 4.58. The number of amides is 2. The molecule has 2 atom stereocenters. The molecule has 2 amide bonds. The van der Waals surface area contributed by atoms with Gasteiger partial charge in [-0.1, -0.05) is 31.9 Å². The van der Waals surface area contributed by atoms with E-state index in [2.05, 4.69) is 17.5 Å². The number of aliphatic carboxylic acids is 1. The van der Waals surface area contributed by atoms with Crippen molar-refractivity contribution in [3.8, 4) is 0 Å². The lowest BCUT2D eigenvalue weighted by Crippen LogP contribution is -2.49. The van der Waals surface area contributed by atoms with E-state index in [0.717, 1.165) is 38.5 Å². The molecule has 1 aliphatic rings. The molecule has 0 spiro atoms. The van der Waals surface area contributed by atoms with Gasteiger partial charge in [0.15, 0.2) is 0 Å². The van der Waals surface area contributed by atoms with E-state index in [1.165, 1.54) is 0 Å². The lowest BCUT2D eigenvalue weighted by molar-refractivity contribution is -0.142. The summed E-state index contributed by atoms with van der Waals surface area (Å²) >= 11 is 0. The molecule has 0 aliphatic carbocycles. The van der Waals surface area contributed by atoms with Gasteiger partial charge in [-0.25, -0.2) is 0 Å². The normalized spacial score (nSPS) is 25.1. The summed E-state index contributed by atoms with van der Waals surface area (Å²) in [5, 5.41) is 11.9. The van der Waals surface area contributed by atoms with Gasteiger partial charge < -0.3 is 15.3 Å². The van der Waals surface area contributed by atoms with E-state index >= 15 is 0 Å². The van der Waals surface area contributed by atoms with Crippen LogP contribution in [0.1, 0.15) is 64.7 Å². The van der Waals surface area contributed by atoms with Crippen molar-refractivity contribution < 1.29 is 19.5 Å². The standard InChI is InChI=1S/C19H32N2O4/c1-3-4-12-16-19(25)21(2)13-10-8-6-5-7-9-11-15(14-17(22)23)18(24)20-16/h5-6,15-16H,3-4,7-14H2,1-2H3,(H,20,24)(H,22,23)/b6-5+/t15-,16+/m1/s1. The van der Waals surface area contributed by atoms with Crippen LogP contribution in [-0.2, 0) is 14.4 Å². The quantitative estimate of drug-likeness (QED) is 0.745. The van der Waals surface area contributed by atoms with Crippen LogP contribution in [0, 0.1) is 5.92 Å². The number of rotatable bonds is 5. The Labute approximate surface area is 150 Å². The second kappa shape index (κ2) is 11.7. The largest absolute Gasteiger partial charge is 0.481 e. The van der Waals surface area contributed by atoms with Gasteiger partial charge >= 0.3 is 5.97 Å². The van der Waals surface area contributed by atoms with E-state index in [0.29, 0.717) is 19.4 Å². The molecule has 1 aliphatic heterocycles. The van der Waals surface area contributed by atoms with Crippen LogP contribution < -0.4 is 5.32 Å². The zero-order chi connectivity index (χ0) is 18.7. The third kappa shape index (κ3) is 8.18. The first kappa shape index (κ1) is 21.2. The van der Waals surface area contributed by atoms with Crippen molar-refractivity contribution in [3.63, 3.8) is 0 Å². The number of likely N-dealkylation sites (N-methyl/N-ethyl adjacent to an activating group) is 1. The fourth-order valence-electron chi connectivity index (χ4n) is 3.03. The summed E-state index contributed by atoms with van der Waals surface area (Å²) in [6, 6.07) is -0.563. The lowest BCUT2D eigenvalue weighted by Gasteiger charge is -2.26. The summed E-state index contributed by atoms with van der Waals surface area (Å²) in [5.74, 6) is -1.97. The van der Waals surface area contributed by atoms with E-state index < -0.39 is 17.9 Å². The highest BCUT2D eigenvalue weighted by molar-refractivity contribution is 5.89. The smallest absolute Gasteiger partial charge is 0.304 e. The number of hydrogen-bond acceptors (Lipinski definition) is 3. The van der Waals surface area contributed by atoms with Gasteiger partial charge in [0.2, 0.25) is 11.8 Å². The Morgan fingerprint density at radius 2 is 1.96 bits per heavy atom. The van der Waals surface area contributed by atoms with Gasteiger partial charge in [0.25, 0.3) is 0 Å². The van der Waals surface area contributed by atoms with Crippen LogP contribution in [0.5, 0.6) is 0 Å². The summed E-state index contributed by atoms with van der Waals surface area (Å²) < 4.78 is 0. The first-order valence-electron chi connectivity index (χ1n) is 9.37. The summed E-state index contributed by atoms with van der Waals surface area (Å²) in [6.45, 7) is 2.69. The van der Waals surface area contributed by atoms with Crippen LogP contribution in [-0.4, -0.2) is 47.4 Å². The molecule has 142 valence electrons. The first-order chi connectivity index (χ1) is 12.0. The minimum Gasteiger partial charge on any atom is -0.481 e. The van der Waals surface area contributed by atoms with E-state index in [4.69, 9.17) is 5.11 Å². The van der Waals surface area contributed by atoms with Crippen molar-refractivity contribution in [3.05, 3.63) is 12.2 Å². The average molecular weight is 352 g/mol. The molecule has 6 heteroatoms. The molecule has 0 radical (unpaired) electrons. The van der Waals surface area contributed by atoms with E-state index in [1.54, 1.807) is 11.9 Å². The minimum absolute atomic E-state index is 0.0862. The molecule has 0 saturated heterocycles. The van der Waals surface area contributed by atoms with Gasteiger partial charge in [-0.05, 0) is 38.5 Å². The molecule has 1 rings (SSSR count). The van der Waals surface area contributed by atoms with Crippen LogP contribution in [0.2, 0.25) is 0 Å². The fourth-order valence-corrected chi connectivity index (χ4v) is 3.03. The van der Waals surface area contributed by atoms with Gasteiger partial charge in [0.05, 0.1) is 6.42 Å². The van der Waals surface area contributed by atoms with Crippen molar-refractivity contribution in [1.29, 1.82) is 0 Å². The van der Waals surface area contributed by atoms with Gasteiger partial charge in [-0.15, -0.1) is 0 Å². The Morgan fingerprint density at radius 3 is 2.60 bits per heavy atom. The molecule has 0 fully saturated rings. The molecule has 1 heterocycles. The number of carbonyl (C=O) groups excluding carboxylic acids is 2. The second-order valence-corrected chi connectivity index (χ2v) is 6.80. The van der Waals surface area contributed by atoms with Gasteiger partial charge in [0, 0.05) is 19.5 Å². The predicted molar refractivity (Wildman–Crippen MR) is 97.1 cm³/mol. The number of allylic oxidation sites excluding steroid dienone is 2. The Kier molecular flexibility index (Phi) is 9.88. The van der Waals surface area contributed by atoms with Crippen molar-refractivity contribution in [1.82, 2.24) is 10.2 Å². The first-order valence-corrected chi connectivity index (χ1v) is 9.37. The molecule has 6 nitrogen and oxygen atoms in total. The Morgan fingerprint density at radius 1 is 1.28 bits per heavy atom. The maximum atomic E-state index is 12.7. The third-order valence-electron chi connectivity index (χ3n) is 4.58. The molecular formula is C19H32N2O4. The van der Waals surface area contributed by atoms with Crippen LogP contribution in [0.3, 0.4) is 0 Å². The average Bonchev–Trinajstić information content (AvgIpc) is 2.57. The van der Waals surface area contributed by atoms with E-state index in [9.17, 15) is 14.4 Å². The van der Waals surface area contributed by atoms with Gasteiger partial charge in [0.1, 0.15) is 6.04 Å². The molecule has 0 saturated carbocycles. The highest BCUT2D eigenvalue weighted by Crippen LogP contribution is 2.16. The molecule has 2 N–H and O–H groups in total. The highest BCUT2D eigenvalue weighted by Gasteiger charge is 2.28. The molecular weight excluding hydrogens is 320 g/mol. The number of hydrogen-bond donors (Lipinski definition) is 2. The summed E-state index contributed by atoms with van der Waals surface area (Å²) in [7, 11) is 1.76. The van der Waals surface area contributed by atoms with Crippen molar-refractivity contribution >= 4 is 17.8 Å². The number of nitrogens with one attached hydrogen (secondary N) is 1. The maximum Gasteiger partial charge on any atom is 0.304 e. The number of carboxylic acids is 1. The monoisotopic (exact) mass is 352 g/mol. The van der Waals surface area contributed by atoms with Gasteiger partial charge in [-0.2, -0.15) is 0 Å². The van der Waals surface area contributed by atoms with Crippen molar-refractivity contribution in [2.45, 2.75) is 70.8 Å². The van der Waals surface area contributed by atoms with Crippen molar-refractivity contribution in [2.24, 2.45) is 5.92 Å². The summed E-state index contributed by atoms with van der Waals surface area (Å²) in [4.78, 5) is 38.0.